The number of amides is 1. The Kier molecular flexibility index (Phi) is 3.00. The zero-order valence-corrected chi connectivity index (χ0v) is 9.46. The van der Waals surface area contributed by atoms with E-state index in [9.17, 15) is 4.79 Å². The Morgan fingerprint density at radius 1 is 1.67 bits per heavy atom. The van der Waals surface area contributed by atoms with Crippen LogP contribution < -0.4 is 0 Å². The van der Waals surface area contributed by atoms with E-state index in [1.54, 1.807) is 17.2 Å². The number of carbonyl (C=O) groups excluding carboxylic acids is 1. The Morgan fingerprint density at radius 2 is 2.47 bits per heavy atom. The molecule has 0 radical (unpaired) electrons. The van der Waals surface area contributed by atoms with Crippen LogP contribution in [0.1, 0.15) is 29.0 Å². The highest BCUT2D eigenvalue weighted by molar-refractivity contribution is 6.21. The third-order valence-electron chi connectivity index (χ3n) is 2.71. The summed E-state index contributed by atoms with van der Waals surface area (Å²) in [5, 5.41) is 0.0815. The zero-order valence-electron chi connectivity index (χ0n) is 8.70. The molecule has 0 saturated carbocycles. The number of aryl methyl sites for hydroxylation is 1. The first-order chi connectivity index (χ1) is 7.18. The summed E-state index contributed by atoms with van der Waals surface area (Å²) in [5.74, 6) is 0.406. The second kappa shape index (κ2) is 4.27. The molecule has 0 aliphatic carbocycles. The lowest BCUT2D eigenvalue weighted by Gasteiger charge is -2.29. The molecule has 2 heterocycles. The van der Waals surface area contributed by atoms with Crippen molar-refractivity contribution in [3.8, 4) is 0 Å². The van der Waals surface area contributed by atoms with E-state index in [0.29, 0.717) is 12.3 Å². The first-order valence-corrected chi connectivity index (χ1v) is 5.59. The maximum absolute atomic E-state index is 12.0. The summed E-state index contributed by atoms with van der Waals surface area (Å²) in [6.45, 7) is 3.28. The molecular weight excluding hydrogens is 214 g/mol. The van der Waals surface area contributed by atoms with E-state index in [-0.39, 0.29) is 11.3 Å². The number of alkyl halides is 1. The molecule has 3 nitrogen and oxygen atoms in total. The van der Waals surface area contributed by atoms with Crippen LogP contribution in [0.2, 0.25) is 0 Å². The summed E-state index contributed by atoms with van der Waals surface area (Å²) in [7, 11) is 0. The Balaban J connectivity index is 2.11. The number of rotatable bonds is 1. The maximum atomic E-state index is 12.0. The molecule has 15 heavy (non-hydrogen) atoms. The summed E-state index contributed by atoms with van der Waals surface area (Å²) in [6.07, 6.45) is 3.51. The highest BCUT2D eigenvalue weighted by atomic mass is 35.5. The number of carbonyl (C=O) groups is 1. The first-order valence-electron chi connectivity index (χ1n) is 5.16. The van der Waals surface area contributed by atoms with E-state index in [1.807, 2.05) is 6.92 Å². The quantitative estimate of drug-likeness (QED) is 0.691. The molecule has 1 fully saturated rings. The lowest BCUT2D eigenvalue weighted by Crippen LogP contribution is -2.40. The van der Waals surface area contributed by atoms with Crippen molar-refractivity contribution in [1.82, 2.24) is 4.90 Å². The third-order valence-corrected chi connectivity index (χ3v) is 3.06. The van der Waals surface area contributed by atoms with Gasteiger partial charge in [-0.2, -0.15) is 0 Å². The second-order valence-corrected chi connectivity index (χ2v) is 4.54. The fraction of sp³-hybridized carbons (Fsp3) is 0.545. The number of halogens is 1. The Bertz CT molecular complexity index is 361. The van der Waals surface area contributed by atoms with E-state index in [0.717, 1.165) is 24.9 Å². The molecule has 1 aliphatic heterocycles. The van der Waals surface area contributed by atoms with Crippen molar-refractivity contribution in [3.05, 3.63) is 23.7 Å². The minimum Gasteiger partial charge on any atom is -0.459 e. The van der Waals surface area contributed by atoms with Gasteiger partial charge in [-0.05, 0) is 25.8 Å². The number of hydrogen-bond acceptors (Lipinski definition) is 2. The topological polar surface area (TPSA) is 33.5 Å². The van der Waals surface area contributed by atoms with Crippen LogP contribution in [0.3, 0.4) is 0 Å². The molecule has 0 spiro atoms. The van der Waals surface area contributed by atoms with Gasteiger partial charge in [-0.3, -0.25) is 4.79 Å². The van der Waals surface area contributed by atoms with Crippen LogP contribution in [0.15, 0.2) is 16.7 Å². The van der Waals surface area contributed by atoms with Gasteiger partial charge < -0.3 is 9.32 Å². The predicted molar refractivity (Wildman–Crippen MR) is 58.2 cm³/mol. The number of hydrogen-bond donors (Lipinski definition) is 0. The van der Waals surface area contributed by atoms with Crippen molar-refractivity contribution in [1.29, 1.82) is 0 Å². The van der Waals surface area contributed by atoms with Gasteiger partial charge in [0.1, 0.15) is 0 Å². The molecule has 82 valence electrons. The van der Waals surface area contributed by atoms with Crippen LogP contribution >= 0.6 is 11.6 Å². The first kappa shape index (κ1) is 10.6. The molecule has 1 amide bonds. The van der Waals surface area contributed by atoms with E-state index in [4.69, 9.17) is 16.0 Å². The fourth-order valence-corrected chi connectivity index (χ4v) is 2.17. The Hall–Kier alpha value is -0.960. The Labute approximate surface area is 94.0 Å². The van der Waals surface area contributed by atoms with E-state index < -0.39 is 0 Å². The fourth-order valence-electron chi connectivity index (χ4n) is 1.85. The number of piperidine rings is 1. The summed E-state index contributed by atoms with van der Waals surface area (Å²) in [5.41, 5.74) is 0.886. The summed E-state index contributed by atoms with van der Waals surface area (Å²) >= 11 is 6.03. The van der Waals surface area contributed by atoms with Gasteiger partial charge >= 0.3 is 0 Å². The van der Waals surface area contributed by atoms with E-state index in [1.165, 1.54) is 0 Å². The SMILES string of the molecule is Cc1ccoc1C(=O)N1CCCC(Cl)C1. The molecule has 1 atom stereocenters. The minimum atomic E-state index is -0.0390. The third kappa shape index (κ3) is 2.17. The lowest BCUT2D eigenvalue weighted by atomic mass is 10.1. The smallest absolute Gasteiger partial charge is 0.289 e. The van der Waals surface area contributed by atoms with Gasteiger partial charge in [0.15, 0.2) is 5.76 Å². The normalized spacial score (nSPS) is 21.7. The molecule has 1 aromatic rings. The molecule has 0 aromatic carbocycles. The molecule has 1 aliphatic rings. The number of likely N-dealkylation sites (tertiary alicyclic amines) is 1. The van der Waals surface area contributed by atoms with Gasteiger partial charge in [-0.1, -0.05) is 0 Å². The van der Waals surface area contributed by atoms with E-state index >= 15 is 0 Å². The van der Waals surface area contributed by atoms with Crippen LogP contribution in [-0.2, 0) is 0 Å². The van der Waals surface area contributed by atoms with Crippen molar-refractivity contribution in [2.75, 3.05) is 13.1 Å². The second-order valence-electron chi connectivity index (χ2n) is 3.92. The van der Waals surface area contributed by atoms with Crippen molar-refractivity contribution >= 4 is 17.5 Å². The summed E-state index contributed by atoms with van der Waals surface area (Å²) in [4.78, 5) is 13.8. The standard InChI is InChI=1S/C11H14ClNO2/c1-8-4-6-15-10(8)11(14)13-5-2-3-9(12)7-13/h4,6,9H,2-3,5,7H2,1H3. The lowest BCUT2D eigenvalue weighted by molar-refractivity contribution is 0.0694. The zero-order chi connectivity index (χ0) is 10.8. The van der Waals surface area contributed by atoms with Gasteiger partial charge in [0.25, 0.3) is 5.91 Å². The molecule has 0 bridgehead atoms. The molecule has 2 rings (SSSR count). The van der Waals surface area contributed by atoms with Crippen molar-refractivity contribution in [2.45, 2.75) is 25.1 Å². The van der Waals surface area contributed by atoms with Crippen LogP contribution in [0.5, 0.6) is 0 Å². The van der Waals surface area contributed by atoms with Gasteiger partial charge in [-0.25, -0.2) is 0 Å². The van der Waals surface area contributed by atoms with Crippen molar-refractivity contribution in [3.63, 3.8) is 0 Å². The van der Waals surface area contributed by atoms with Gasteiger partial charge in [0.05, 0.1) is 11.6 Å². The molecule has 4 heteroatoms. The average molecular weight is 228 g/mol. The van der Waals surface area contributed by atoms with Crippen LogP contribution in [0.4, 0.5) is 0 Å². The van der Waals surface area contributed by atoms with Crippen LogP contribution in [0, 0.1) is 6.92 Å². The number of nitrogens with zero attached hydrogens (tertiary/aromatic N) is 1. The molecular formula is C11H14ClNO2. The van der Waals surface area contributed by atoms with Crippen molar-refractivity contribution < 1.29 is 9.21 Å². The minimum absolute atomic E-state index is 0.0390. The van der Waals surface area contributed by atoms with Gasteiger partial charge in [0, 0.05) is 18.7 Å². The molecule has 1 unspecified atom stereocenters. The largest absolute Gasteiger partial charge is 0.459 e. The highest BCUT2D eigenvalue weighted by Crippen LogP contribution is 2.19. The molecule has 0 N–H and O–H groups in total. The van der Waals surface area contributed by atoms with E-state index in [2.05, 4.69) is 0 Å². The average Bonchev–Trinajstić information content (AvgIpc) is 2.63. The maximum Gasteiger partial charge on any atom is 0.289 e. The highest BCUT2D eigenvalue weighted by Gasteiger charge is 2.25. The number of furan rings is 1. The van der Waals surface area contributed by atoms with Crippen molar-refractivity contribution in [2.24, 2.45) is 0 Å². The van der Waals surface area contributed by atoms with Crippen LogP contribution in [-0.4, -0.2) is 29.3 Å². The van der Waals surface area contributed by atoms with Gasteiger partial charge in [-0.15, -0.1) is 11.6 Å². The van der Waals surface area contributed by atoms with Gasteiger partial charge in [0.2, 0.25) is 0 Å². The summed E-state index contributed by atoms with van der Waals surface area (Å²) in [6, 6.07) is 1.80. The monoisotopic (exact) mass is 227 g/mol. The Morgan fingerprint density at radius 3 is 3.07 bits per heavy atom. The summed E-state index contributed by atoms with van der Waals surface area (Å²) < 4.78 is 5.18. The predicted octanol–water partition coefficient (Wildman–Crippen LogP) is 2.43. The van der Waals surface area contributed by atoms with Crippen LogP contribution in [0.25, 0.3) is 0 Å². The molecule has 1 aromatic heterocycles. The molecule has 1 saturated heterocycles.